The summed E-state index contributed by atoms with van der Waals surface area (Å²) in [5, 5.41) is 1.99. The molecule has 10 aromatic rings. The zero-order chi connectivity index (χ0) is 34.4. The Bertz CT molecular complexity index is 2880. The van der Waals surface area contributed by atoms with Gasteiger partial charge in [0.25, 0.3) is 0 Å². The SMILES string of the molecule is c1ccc(-c2ccc(-c3nc(-c4ccccc4)nc(-c4cccc5c4oc4cccc(-c6ccc7oc(-c8ccccc8)nc7c6)c45)n3)cc2)cc1. The lowest BCUT2D eigenvalue weighted by Crippen LogP contribution is -2.00. The maximum atomic E-state index is 6.67. The predicted molar refractivity (Wildman–Crippen MR) is 207 cm³/mol. The molecule has 0 fully saturated rings. The fourth-order valence-electron chi connectivity index (χ4n) is 6.85. The summed E-state index contributed by atoms with van der Waals surface area (Å²) in [7, 11) is 0. The number of para-hydroxylation sites is 1. The number of aromatic nitrogens is 4. The third-order valence-electron chi connectivity index (χ3n) is 9.40. The van der Waals surface area contributed by atoms with E-state index >= 15 is 0 Å². The molecule has 0 saturated heterocycles. The lowest BCUT2D eigenvalue weighted by atomic mass is 9.98. The molecule has 0 aliphatic heterocycles. The summed E-state index contributed by atoms with van der Waals surface area (Å²) < 4.78 is 12.8. The molecule has 0 unspecified atom stereocenters. The minimum atomic E-state index is 0.541. The molecule has 0 aliphatic carbocycles. The van der Waals surface area contributed by atoms with Crippen LogP contribution in [0.15, 0.2) is 179 Å². The van der Waals surface area contributed by atoms with E-state index in [4.69, 9.17) is 28.8 Å². The summed E-state index contributed by atoms with van der Waals surface area (Å²) >= 11 is 0. The third-order valence-corrected chi connectivity index (χ3v) is 9.40. The van der Waals surface area contributed by atoms with Crippen LogP contribution in [0.3, 0.4) is 0 Å². The first-order chi connectivity index (χ1) is 25.7. The molecule has 3 aromatic heterocycles. The van der Waals surface area contributed by atoms with Gasteiger partial charge in [-0.05, 0) is 58.7 Å². The molecule has 244 valence electrons. The van der Waals surface area contributed by atoms with Crippen LogP contribution in [0.2, 0.25) is 0 Å². The summed E-state index contributed by atoms with van der Waals surface area (Å²) in [4.78, 5) is 19.9. The topological polar surface area (TPSA) is 77.8 Å². The fourth-order valence-corrected chi connectivity index (χ4v) is 6.85. The molecule has 0 aliphatic rings. The second-order valence-corrected chi connectivity index (χ2v) is 12.6. The fraction of sp³-hybridized carbons (Fsp3) is 0. The number of nitrogens with zero attached hydrogens (tertiary/aromatic N) is 4. The normalized spacial score (nSPS) is 11.5. The van der Waals surface area contributed by atoms with Crippen molar-refractivity contribution in [1.29, 1.82) is 0 Å². The van der Waals surface area contributed by atoms with Crippen molar-refractivity contribution < 1.29 is 8.83 Å². The Hall–Kier alpha value is -7.18. The molecule has 52 heavy (non-hydrogen) atoms. The van der Waals surface area contributed by atoms with E-state index in [-0.39, 0.29) is 0 Å². The largest absolute Gasteiger partial charge is 0.455 e. The van der Waals surface area contributed by atoms with Gasteiger partial charge >= 0.3 is 0 Å². The zero-order valence-electron chi connectivity index (χ0n) is 27.8. The first-order valence-electron chi connectivity index (χ1n) is 17.1. The predicted octanol–water partition coefficient (Wildman–Crippen LogP) is 11.9. The molecular formula is C46H28N4O2. The molecule has 0 radical (unpaired) electrons. The van der Waals surface area contributed by atoms with Gasteiger partial charge in [-0.3, -0.25) is 0 Å². The molecule has 10 rings (SSSR count). The number of hydrogen-bond acceptors (Lipinski definition) is 6. The molecule has 6 nitrogen and oxygen atoms in total. The van der Waals surface area contributed by atoms with Gasteiger partial charge in [0.05, 0.1) is 5.56 Å². The van der Waals surface area contributed by atoms with Crippen LogP contribution < -0.4 is 0 Å². The molecule has 7 aromatic carbocycles. The molecule has 0 amide bonds. The van der Waals surface area contributed by atoms with Crippen LogP contribution in [0.25, 0.3) is 101 Å². The molecule has 0 N–H and O–H groups in total. The monoisotopic (exact) mass is 668 g/mol. The third kappa shape index (κ3) is 5.22. The average Bonchev–Trinajstić information content (AvgIpc) is 3.83. The van der Waals surface area contributed by atoms with E-state index < -0.39 is 0 Å². The van der Waals surface area contributed by atoms with Crippen LogP contribution in [-0.4, -0.2) is 19.9 Å². The summed E-state index contributed by atoms with van der Waals surface area (Å²) in [5.41, 5.74) is 10.9. The quantitative estimate of drug-likeness (QED) is 0.175. The highest BCUT2D eigenvalue weighted by molar-refractivity contribution is 6.15. The van der Waals surface area contributed by atoms with Crippen LogP contribution in [0, 0.1) is 0 Å². The van der Waals surface area contributed by atoms with E-state index in [1.54, 1.807) is 0 Å². The second kappa shape index (κ2) is 12.3. The van der Waals surface area contributed by atoms with Crippen molar-refractivity contribution >= 4 is 33.0 Å². The van der Waals surface area contributed by atoms with Crippen molar-refractivity contribution in [3.05, 3.63) is 170 Å². The number of rotatable bonds is 6. The summed E-state index contributed by atoms with van der Waals surface area (Å²) in [6.45, 7) is 0. The van der Waals surface area contributed by atoms with Gasteiger partial charge in [0.15, 0.2) is 23.1 Å². The van der Waals surface area contributed by atoms with Gasteiger partial charge in [0.2, 0.25) is 5.89 Å². The van der Waals surface area contributed by atoms with Crippen molar-refractivity contribution in [1.82, 2.24) is 19.9 Å². The molecule has 0 bridgehead atoms. The molecule has 0 atom stereocenters. The highest BCUT2D eigenvalue weighted by atomic mass is 16.3. The first-order valence-corrected chi connectivity index (χ1v) is 17.1. The van der Waals surface area contributed by atoms with Gasteiger partial charge in [-0.1, -0.05) is 133 Å². The molecule has 6 heteroatoms. The highest BCUT2D eigenvalue weighted by Gasteiger charge is 2.20. The Morgan fingerprint density at radius 3 is 1.63 bits per heavy atom. The van der Waals surface area contributed by atoms with Gasteiger partial charge in [-0.25, -0.2) is 19.9 Å². The van der Waals surface area contributed by atoms with E-state index in [0.717, 1.165) is 77.5 Å². The van der Waals surface area contributed by atoms with Crippen molar-refractivity contribution in [3.63, 3.8) is 0 Å². The number of hydrogen-bond donors (Lipinski definition) is 0. The number of benzene rings is 7. The molecule has 0 saturated carbocycles. The van der Waals surface area contributed by atoms with Gasteiger partial charge < -0.3 is 8.83 Å². The highest BCUT2D eigenvalue weighted by Crippen LogP contribution is 2.41. The number of oxazole rings is 1. The van der Waals surface area contributed by atoms with Crippen LogP contribution in [0.4, 0.5) is 0 Å². The Morgan fingerprint density at radius 2 is 0.904 bits per heavy atom. The van der Waals surface area contributed by atoms with E-state index in [9.17, 15) is 0 Å². The molecule has 0 spiro atoms. The van der Waals surface area contributed by atoms with Gasteiger partial charge in [0, 0.05) is 27.5 Å². The minimum absolute atomic E-state index is 0.541. The Morgan fingerprint density at radius 1 is 0.346 bits per heavy atom. The number of fused-ring (bicyclic) bond motifs is 4. The van der Waals surface area contributed by atoms with Crippen molar-refractivity contribution in [2.45, 2.75) is 0 Å². The standard InChI is InChI=1S/C46H28N4O2/c1-4-12-29(13-5-1)30-22-24-32(25-23-30)44-48-43(31-14-6-2-7-15-31)49-45(50-44)37-20-10-19-36-41-35(18-11-21-40(41)51-42(36)37)34-26-27-39-38(28-34)47-46(52-39)33-16-8-3-9-17-33/h1-28H. The second-order valence-electron chi connectivity index (χ2n) is 12.6. The maximum Gasteiger partial charge on any atom is 0.227 e. The van der Waals surface area contributed by atoms with Gasteiger partial charge in [-0.2, -0.15) is 0 Å². The van der Waals surface area contributed by atoms with E-state index in [0.29, 0.717) is 23.4 Å². The Balaban J connectivity index is 1.11. The van der Waals surface area contributed by atoms with Crippen molar-refractivity contribution in [3.8, 4) is 67.9 Å². The minimum Gasteiger partial charge on any atom is -0.455 e. The first kappa shape index (κ1) is 29.7. The Kier molecular flexibility index (Phi) is 7.03. The van der Waals surface area contributed by atoms with Crippen molar-refractivity contribution in [2.24, 2.45) is 0 Å². The smallest absolute Gasteiger partial charge is 0.227 e. The Labute approximate surface area is 298 Å². The van der Waals surface area contributed by atoms with E-state index in [2.05, 4.69) is 60.7 Å². The lowest BCUT2D eigenvalue weighted by molar-refractivity contribution is 0.620. The summed E-state index contributed by atoms with van der Waals surface area (Å²) in [6.07, 6.45) is 0. The molecule has 3 heterocycles. The maximum absolute atomic E-state index is 6.67. The lowest BCUT2D eigenvalue weighted by Gasteiger charge is -2.09. The van der Waals surface area contributed by atoms with E-state index in [1.165, 1.54) is 0 Å². The van der Waals surface area contributed by atoms with Crippen LogP contribution in [0.5, 0.6) is 0 Å². The molecular weight excluding hydrogens is 641 g/mol. The zero-order valence-corrected chi connectivity index (χ0v) is 27.8. The summed E-state index contributed by atoms with van der Waals surface area (Å²) in [6, 6.07) is 57.1. The van der Waals surface area contributed by atoms with Gasteiger partial charge in [-0.15, -0.1) is 0 Å². The van der Waals surface area contributed by atoms with Gasteiger partial charge in [0.1, 0.15) is 16.7 Å². The average molecular weight is 669 g/mol. The van der Waals surface area contributed by atoms with Crippen LogP contribution in [0.1, 0.15) is 0 Å². The van der Waals surface area contributed by atoms with E-state index in [1.807, 2.05) is 109 Å². The van der Waals surface area contributed by atoms with Crippen LogP contribution in [-0.2, 0) is 0 Å². The van der Waals surface area contributed by atoms with Crippen LogP contribution >= 0.6 is 0 Å². The summed E-state index contributed by atoms with van der Waals surface area (Å²) in [5.74, 6) is 2.33. The van der Waals surface area contributed by atoms with Crippen molar-refractivity contribution in [2.75, 3.05) is 0 Å². The number of furan rings is 1.